The summed E-state index contributed by atoms with van der Waals surface area (Å²) >= 11 is 0. The van der Waals surface area contributed by atoms with E-state index >= 15 is 0 Å². The van der Waals surface area contributed by atoms with Gasteiger partial charge in [0.05, 0.1) is 0 Å². The smallest absolute Gasteiger partial charge is 0.246 e. The largest absolute Gasteiger partial charge is 0.289 e. The number of unbranched alkanes of at least 4 members (excludes halogenated alkanes) is 1. The van der Waals surface area contributed by atoms with Crippen LogP contribution in [0.2, 0.25) is 0 Å². The summed E-state index contributed by atoms with van der Waals surface area (Å²) in [7, 11) is 0. The van der Waals surface area contributed by atoms with Gasteiger partial charge in [-0.1, -0.05) is 50.1 Å². The highest BCUT2D eigenvalue weighted by Gasteiger charge is 2.17. The maximum Gasteiger partial charge on any atom is 0.246 e. The van der Waals surface area contributed by atoms with Crippen LogP contribution in [0.3, 0.4) is 0 Å². The van der Waals surface area contributed by atoms with Crippen LogP contribution in [0.25, 0.3) is 0 Å². The monoisotopic (exact) mass is 221 g/mol. The predicted octanol–water partition coefficient (Wildman–Crippen LogP) is 2.54. The van der Waals surface area contributed by atoms with Crippen LogP contribution >= 0.6 is 0 Å². The molecule has 1 rings (SSSR count). The van der Waals surface area contributed by atoms with Gasteiger partial charge in [0.2, 0.25) is 5.91 Å². The lowest BCUT2D eigenvalue weighted by atomic mass is 9.93. The third kappa shape index (κ3) is 4.03. The molecule has 1 aromatic rings. The van der Waals surface area contributed by atoms with Gasteiger partial charge in [0.1, 0.15) is 0 Å². The van der Waals surface area contributed by atoms with E-state index < -0.39 is 0 Å². The summed E-state index contributed by atoms with van der Waals surface area (Å²) in [5.74, 6) is -0.412. The van der Waals surface area contributed by atoms with Gasteiger partial charge in [-0.3, -0.25) is 10.0 Å². The molecule has 0 saturated heterocycles. The van der Waals surface area contributed by atoms with Gasteiger partial charge in [-0.2, -0.15) is 0 Å². The lowest BCUT2D eigenvalue weighted by Crippen LogP contribution is -2.29. The molecule has 0 heterocycles. The number of hydroxylamine groups is 1. The molecular weight excluding hydrogens is 202 g/mol. The molecule has 0 fully saturated rings. The third-order valence-electron chi connectivity index (χ3n) is 2.71. The van der Waals surface area contributed by atoms with Crippen molar-refractivity contribution >= 4 is 5.91 Å². The minimum absolute atomic E-state index is 0.132. The van der Waals surface area contributed by atoms with Gasteiger partial charge in [-0.15, -0.1) is 0 Å². The SMILES string of the molecule is CCCC[C@@H](Cc1ccccc1)C(=O)NO. The van der Waals surface area contributed by atoms with Crippen molar-refractivity contribution in [3.63, 3.8) is 0 Å². The Morgan fingerprint density at radius 3 is 2.62 bits per heavy atom. The van der Waals surface area contributed by atoms with Gasteiger partial charge >= 0.3 is 0 Å². The Morgan fingerprint density at radius 1 is 1.38 bits per heavy atom. The lowest BCUT2D eigenvalue weighted by Gasteiger charge is -2.14. The van der Waals surface area contributed by atoms with Crippen LogP contribution in [-0.4, -0.2) is 11.1 Å². The molecule has 0 radical (unpaired) electrons. The van der Waals surface area contributed by atoms with Crippen molar-refractivity contribution < 1.29 is 10.0 Å². The molecule has 0 unspecified atom stereocenters. The molecule has 0 bridgehead atoms. The van der Waals surface area contributed by atoms with E-state index in [1.165, 1.54) is 0 Å². The van der Waals surface area contributed by atoms with Crippen LogP contribution in [0.4, 0.5) is 0 Å². The van der Waals surface area contributed by atoms with Crippen LogP contribution in [0.15, 0.2) is 30.3 Å². The zero-order valence-electron chi connectivity index (χ0n) is 9.65. The van der Waals surface area contributed by atoms with E-state index in [1.54, 1.807) is 5.48 Å². The molecule has 1 amide bonds. The summed E-state index contributed by atoms with van der Waals surface area (Å²) in [5.41, 5.74) is 2.89. The van der Waals surface area contributed by atoms with Crippen LogP contribution in [0.5, 0.6) is 0 Å². The first kappa shape index (κ1) is 12.7. The van der Waals surface area contributed by atoms with Crippen molar-refractivity contribution in [2.45, 2.75) is 32.6 Å². The fourth-order valence-electron chi connectivity index (χ4n) is 1.77. The number of hydrogen-bond acceptors (Lipinski definition) is 2. The van der Waals surface area contributed by atoms with Crippen LogP contribution in [0, 0.1) is 5.92 Å². The van der Waals surface area contributed by atoms with E-state index in [9.17, 15) is 4.79 Å². The zero-order valence-corrected chi connectivity index (χ0v) is 9.65. The Bertz CT molecular complexity index is 311. The minimum Gasteiger partial charge on any atom is -0.289 e. The van der Waals surface area contributed by atoms with Gasteiger partial charge in [0.15, 0.2) is 0 Å². The molecule has 2 N–H and O–H groups in total. The maximum atomic E-state index is 11.5. The van der Waals surface area contributed by atoms with Crippen molar-refractivity contribution in [2.24, 2.45) is 5.92 Å². The highest BCUT2D eigenvalue weighted by Crippen LogP contribution is 2.15. The Balaban J connectivity index is 2.59. The summed E-state index contributed by atoms with van der Waals surface area (Å²) in [6, 6.07) is 9.88. The van der Waals surface area contributed by atoms with Gasteiger partial charge in [-0.25, -0.2) is 5.48 Å². The summed E-state index contributed by atoms with van der Waals surface area (Å²) in [5, 5.41) is 8.68. The zero-order chi connectivity index (χ0) is 11.8. The van der Waals surface area contributed by atoms with Gasteiger partial charge < -0.3 is 0 Å². The molecule has 0 aliphatic carbocycles. The molecule has 3 heteroatoms. The molecular formula is C13H19NO2. The summed E-state index contributed by atoms with van der Waals surface area (Å²) in [4.78, 5) is 11.5. The predicted molar refractivity (Wildman–Crippen MR) is 63.1 cm³/mol. The number of benzene rings is 1. The topological polar surface area (TPSA) is 49.3 Å². The lowest BCUT2D eigenvalue weighted by molar-refractivity contribution is -0.133. The normalized spacial score (nSPS) is 12.1. The Hall–Kier alpha value is -1.35. The molecule has 0 spiro atoms. The Labute approximate surface area is 96.4 Å². The molecule has 1 atom stereocenters. The Kier molecular flexibility index (Phi) is 5.57. The quantitative estimate of drug-likeness (QED) is 0.573. The fraction of sp³-hybridized carbons (Fsp3) is 0.462. The first-order valence-corrected chi connectivity index (χ1v) is 5.75. The summed E-state index contributed by atoms with van der Waals surface area (Å²) in [6.07, 6.45) is 3.57. The molecule has 0 aliphatic heterocycles. The molecule has 16 heavy (non-hydrogen) atoms. The molecule has 0 saturated carbocycles. The summed E-state index contributed by atoms with van der Waals surface area (Å²) in [6.45, 7) is 2.09. The van der Waals surface area contributed by atoms with Crippen molar-refractivity contribution in [3.05, 3.63) is 35.9 Å². The van der Waals surface area contributed by atoms with E-state index in [0.717, 1.165) is 24.8 Å². The van der Waals surface area contributed by atoms with E-state index in [4.69, 9.17) is 5.21 Å². The molecule has 88 valence electrons. The number of rotatable bonds is 6. The number of carbonyl (C=O) groups is 1. The van der Waals surface area contributed by atoms with Gasteiger partial charge in [-0.05, 0) is 18.4 Å². The van der Waals surface area contributed by atoms with Gasteiger partial charge in [0, 0.05) is 5.92 Å². The van der Waals surface area contributed by atoms with Crippen molar-refractivity contribution in [3.8, 4) is 0 Å². The van der Waals surface area contributed by atoms with E-state index in [-0.39, 0.29) is 11.8 Å². The van der Waals surface area contributed by atoms with E-state index in [1.807, 2.05) is 30.3 Å². The van der Waals surface area contributed by atoms with E-state index in [2.05, 4.69) is 6.92 Å². The van der Waals surface area contributed by atoms with Crippen molar-refractivity contribution in [2.75, 3.05) is 0 Å². The van der Waals surface area contributed by atoms with Crippen LogP contribution in [0.1, 0.15) is 31.7 Å². The van der Waals surface area contributed by atoms with Crippen LogP contribution < -0.4 is 5.48 Å². The third-order valence-corrected chi connectivity index (χ3v) is 2.71. The number of nitrogens with one attached hydrogen (secondary N) is 1. The molecule has 0 aromatic heterocycles. The molecule has 1 aromatic carbocycles. The number of carbonyl (C=O) groups excluding carboxylic acids is 1. The second-order valence-electron chi connectivity index (χ2n) is 4.00. The minimum atomic E-state index is -0.280. The average molecular weight is 221 g/mol. The first-order valence-electron chi connectivity index (χ1n) is 5.75. The molecule has 3 nitrogen and oxygen atoms in total. The van der Waals surface area contributed by atoms with E-state index in [0.29, 0.717) is 6.42 Å². The average Bonchev–Trinajstić information content (AvgIpc) is 2.34. The van der Waals surface area contributed by atoms with Crippen molar-refractivity contribution in [1.29, 1.82) is 0 Å². The van der Waals surface area contributed by atoms with Crippen molar-refractivity contribution in [1.82, 2.24) is 5.48 Å². The maximum absolute atomic E-state index is 11.5. The number of hydrogen-bond donors (Lipinski definition) is 2. The highest BCUT2D eigenvalue weighted by molar-refractivity contribution is 5.77. The second kappa shape index (κ2) is 7.01. The molecule has 0 aliphatic rings. The Morgan fingerprint density at radius 2 is 2.06 bits per heavy atom. The standard InChI is InChI=1S/C13H19NO2/c1-2-3-9-12(13(15)14-16)10-11-7-5-4-6-8-11/h4-8,12,16H,2-3,9-10H2,1H3,(H,14,15)/t12-/m0/s1. The van der Waals surface area contributed by atoms with Gasteiger partial charge in [0.25, 0.3) is 0 Å². The fourth-order valence-corrected chi connectivity index (χ4v) is 1.77. The second-order valence-corrected chi connectivity index (χ2v) is 4.00. The first-order chi connectivity index (χ1) is 7.77. The number of amides is 1. The highest BCUT2D eigenvalue weighted by atomic mass is 16.5. The van der Waals surface area contributed by atoms with Crippen LogP contribution in [-0.2, 0) is 11.2 Å². The summed E-state index contributed by atoms with van der Waals surface area (Å²) < 4.78 is 0.